The lowest BCUT2D eigenvalue weighted by atomic mass is 9.89. The van der Waals surface area contributed by atoms with Crippen LogP contribution < -0.4 is 10.6 Å². The van der Waals surface area contributed by atoms with Gasteiger partial charge in [-0.2, -0.15) is 0 Å². The van der Waals surface area contributed by atoms with E-state index in [1.54, 1.807) is 7.05 Å². The van der Waals surface area contributed by atoms with Crippen molar-refractivity contribution < 1.29 is 9.59 Å². The number of likely N-dealkylation sites (tertiary alicyclic amines) is 1. The number of nitrogens with one attached hydrogen (secondary N) is 2. The van der Waals surface area contributed by atoms with Crippen LogP contribution in [0.1, 0.15) is 33.6 Å². The van der Waals surface area contributed by atoms with Gasteiger partial charge in [0, 0.05) is 32.6 Å². The van der Waals surface area contributed by atoms with Crippen LogP contribution in [0.15, 0.2) is 0 Å². The molecule has 0 aromatic heterocycles. The smallest absolute Gasteiger partial charge is 0.227 e. The van der Waals surface area contributed by atoms with Crippen LogP contribution in [-0.4, -0.2) is 49.4 Å². The number of carbonyl (C=O) groups excluding carboxylic acids is 2. The number of carbonyl (C=O) groups is 2. The van der Waals surface area contributed by atoms with Crippen molar-refractivity contribution in [1.29, 1.82) is 0 Å². The summed E-state index contributed by atoms with van der Waals surface area (Å²) in [6.45, 7) is 8.04. The van der Waals surface area contributed by atoms with Crippen LogP contribution in [0.5, 0.6) is 0 Å². The van der Waals surface area contributed by atoms with Gasteiger partial charge in [-0.3, -0.25) is 9.59 Å². The third kappa shape index (κ3) is 3.45. The molecule has 1 saturated heterocycles. The summed E-state index contributed by atoms with van der Waals surface area (Å²) in [6, 6.07) is 0.189. The van der Waals surface area contributed by atoms with E-state index in [9.17, 15) is 9.59 Å². The summed E-state index contributed by atoms with van der Waals surface area (Å²) < 4.78 is 0. The third-order valence-electron chi connectivity index (χ3n) is 3.63. The quantitative estimate of drug-likeness (QED) is 0.745. The van der Waals surface area contributed by atoms with Crippen molar-refractivity contribution in [3.63, 3.8) is 0 Å². The molecule has 0 aromatic rings. The van der Waals surface area contributed by atoms with Gasteiger partial charge in [-0.15, -0.1) is 0 Å². The predicted octanol–water partition coefficient (Wildman–Crippen LogP) is 0.359. The largest absolute Gasteiger partial charge is 0.359 e. The highest BCUT2D eigenvalue weighted by Crippen LogP contribution is 2.30. The lowest BCUT2D eigenvalue weighted by Crippen LogP contribution is -2.41. The summed E-state index contributed by atoms with van der Waals surface area (Å²) in [6.07, 6.45) is 1.24. The molecule has 0 saturated carbocycles. The van der Waals surface area contributed by atoms with Crippen molar-refractivity contribution in [2.45, 2.75) is 39.7 Å². The molecule has 1 rings (SSSR count). The fourth-order valence-corrected chi connectivity index (χ4v) is 2.47. The Bertz CT molecular complexity index is 319. The fraction of sp³-hybridized carbons (Fsp3) is 0.846. The molecule has 0 spiro atoms. The van der Waals surface area contributed by atoms with Crippen molar-refractivity contribution in [2.75, 3.05) is 26.7 Å². The topological polar surface area (TPSA) is 61.4 Å². The summed E-state index contributed by atoms with van der Waals surface area (Å²) >= 11 is 0. The Hall–Kier alpha value is -1.10. The monoisotopic (exact) mass is 255 g/mol. The van der Waals surface area contributed by atoms with Gasteiger partial charge in [0.05, 0.1) is 5.41 Å². The van der Waals surface area contributed by atoms with Crippen molar-refractivity contribution in [3.8, 4) is 0 Å². The molecule has 2 atom stereocenters. The Kier molecular flexibility index (Phi) is 5.14. The van der Waals surface area contributed by atoms with Crippen LogP contribution in [0, 0.1) is 5.41 Å². The van der Waals surface area contributed by atoms with E-state index >= 15 is 0 Å². The maximum atomic E-state index is 12.1. The summed E-state index contributed by atoms with van der Waals surface area (Å²) in [5.74, 6) is 0.161. The maximum absolute atomic E-state index is 12.1. The first-order valence-corrected chi connectivity index (χ1v) is 6.66. The molecule has 5 nitrogen and oxygen atoms in total. The first-order valence-electron chi connectivity index (χ1n) is 6.66. The SMILES string of the molecule is CCNC(C)CC(=O)N1CCC(C)(C(=O)NC)C1. The second kappa shape index (κ2) is 6.18. The Morgan fingerprint density at radius 2 is 2.11 bits per heavy atom. The van der Waals surface area contributed by atoms with Crippen LogP contribution in [0.25, 0.3) is 0 Å². The summed E-state index contributed by atoms with van der Waals surface area (Å²) in [5.41, 5.74) is -0.425. The van der Waals surface area contributed by atoms with Crippen molar-refractivity contribution in [1.82, 2.24) is 15.5 Å². The molecule has 1 heterocycles. The van der Waals surface area contributed by atoms with Gasteiger partial charge in [-0.25, -0.2) is 0 Å². The molecule has 104 valence electrons. The fourth-order valence-electron chi connectivity index (χ4n) is 2.47. The van der Waals surface area contributed by atoms with E-state index in [1.165, 1.54) is 0 Å². The van der Waals surface area contributed by atoms with Crippen LogP contribution in [0.3, 0.4) is 0 Å². The minimum absolute atomic E-state index is 0.0255. The highest BCUT2D eigenvalue weighted by Gasteiger charge is 2.41. The van der Waals surface area contributed by atoms with Gasteiger partial charge in [-0.1, -0.05) is 6.92 Å². The third-order valence-corrected chi connectivity index (χ3v) is 3.63. The van der Waals surface area contributed by atoms with E-state index in [-0.39, 0.29) is 17.9 Å². The molecule has 2 unspecified atom stereocenters. The van der Waals surface area contributed by atoms with Crippen molar-refractivity contribution >= 4 is 11.8 Å². The molecule has 1 aliphatic rings. The lowest BCUT2D eigenvalue weighted by Gasteiger charge is -2.23. The summed E-state index contributed by atoms with van der Waals surface area (Å²) in [7, 11) is 1.64. The van der Waals surface area contributed by atoms with Gasteiger partial charge >= 0.3 is 0 Å². The number of hydrogen-bond donors (Lipinski definition) is 2. The number of rotatable bonds is 5. The highest BCUT2D eigenvalue weighted by molar-refractivity contribution is 5.84. The van der Waals surface area contributed by atoms with Gasteiger partial charge in [0.1, 0.15) is 0 Å². The highest BCUT2D eigenvalue weighted by atomic mass is 16.2. The zero-order chi connectivity index (χ0) is 13.8. The van der Waals surface area contributed by atoms with E-state index in [2.05, 4.69) is 10.6 Å². The number of hydrogen-bond acceptors (Lipinski definition) is 3. The molecule has 0 bridgehead atoms. The van der Waals surface area contributed by atoms with Gasteiger partial charge < -0.3 is 15.5 Å². The first-order chi connectivity index (χ1) is 8.42. The molecule has 0 aromatic carbocycles. The Labute approximate surface area is 109 Å². The van der Waals surface area contributed by atoms with E-state index in [1.807, 2.05) is 25.7 Å². The Morgan fingerprint density at radius 3 is 2.67 bits per heavy atom. The molecular formula is C13H25N3O2. The Balaban J connectivity index is 2.51. The summed E-state index contributed by atoms with van der Waals surface area (Å²) in [4.78, 5) is 25.7. The van der Waals surface area contributed by atoms with Crippen molar-refractivity contribution in [3.05, 3.63) is 0 Å². The average molecular weight is 255 g/mol. The van der Waals surface area contributed by atoms with Crippen LogP contribution in [0.2, 0.25) is 0 Å². The zero-order valence-corrected chi connectivity index (χ0v) is 11.9. The van der Waals surface area contributed by atoms with Gasteiger partial charge in [0.2, 0.25) is 11.8 Å². The van der Waals surface area contributed by atoms with Gasteiger partial charge in [0.25, 0.3) is 0 Å². The molecular weight excluding hydrogens is 230 g/mol. The second-order valence-corrected chi connectivity index (χ2v) is 5.37. The number of amides is 2. The molecule has 0 radical (unpaired) electrons. The summed E-state index contributed by atoms with van der Waals surface area (Å²) in [5, 5.41) is 5.91. The average Bonchev–Trinajstić information content (AvgIpc) is 2.72. The minimum atomic E-state index is -0.425. The normalized spacial score (nSPS) is 25.0. The Morgan fingerprint density at radius 1 is 1.44 bits per heavy atom. The molecule has 1 fully saturated rings. The van der Waals surface area contributed by atoms with E-state index in [0.717, 1.165) is 13.0 Å². The molecule has 0 aliphatic carbocycles. The molecule has 2 N–H and O–H groups in total. The van der Waals surface area contributed by atoms with E-state index in [4.69, 9.17) is 0 Å². The molecule has 2 amide bonds. The standard InChI is InChI=1S/C13H25N3O2/c1-5-15-10(2)8-11(17)16-7-6-13(3,9-16)12(18)14-4/h10,15H,5-9H2,1-4H3,(H,14,18). The van der Waals surface area contributed by atoms with E-state index in [0.29, 0.717) is 19.5 Å². The first kappa shape index (κ1) is 15.0. The van der Waals surface area contributed by atoms with Gasteiger partial charge in [-0.05, 0) is 26.8 Å². The van der Waals surface area contributed by atoms with Gasteiger partial charge in [0.15, 0.2) is 0 Å². The molecule has 18 heavy (non-hydrogen) atoms. The predicted molar refractivity (Wildman–Crippen MR) is 71.1 cm³/mol. The van der Waals surface area contributed by atoms with Crippen molar-refractivity contribution in [2.24, 2.45) is 5.41 Å². The lowest BCUT2D eigenvalue weighted by molar-refractivity contribution is -0.132. The van der Waals surface area contributed by atoms with Crippen LogP contribution in [-0.2, 0) is 9.59 Å². The minimum Gasteiger partial charge on any atom is -0.359 e. The maximum Gasteiger partial charge on any atom is 0.227 e. The van der Waals surface area contributed by atoms with E-state index < -0.39 is 5.41 Å². The van der Waals surface area contributed by atoms with Crippen LogP contribution in [0.4, 0.5) is 0 Å². The zero-order valence-electron chi connectivity index (χ0n) is 11.9. The second-order valence-electron chi connectivity index (χ2n) is 5.37. The molecule has 5 heteroatoms. The molecule has 1 aliphatic heterocycles. The number of nitrogens with zero attached hydrogens (tertiary/aromatic N) is 1. The van der Waals surface area contributed by atoms with Crippen LogP contribution >= 0.6 is 0 Å².